The van der Waals surface area contributed by atoms with Gasteiger partial charge in [0, 0.05) is 30.7 Å². The zero-order chi connectivity index (χ0) is 15.2. The summed E-state index contributed by atoms with van der Waals surface area (Å²) in [5, 5.41) is 14.8. The molecule has 0 fully saturated rings. The SMILES string of the molecule is N[C@@H](CNC(=O)NCCc1cc2ccccc2[nH]1)C(=O)O. The van der Waals surface area contributed by atoms with Crippen molar-refractivity contribution in [2.75, 3.05) is 13.1 Å². The second-order valence-electron chi connectivity index (χ2n) is 4.71. The minimum atomic E-state index is -1.15. The van der Waals surface area contributed by atoms with Crippen molar-refractivity contribution in [3.8, 4) is 0 Å². The minimum absolute atomic E-state index is 0.104. The van der Waals surface area contributed by atoms with Crippen molar-refractivity contribution in [1.29, 1.82) is 0 Å². The van der Waals surface area contributed by atoms with E-state index in [0.29, 0.717) is 13.0 Å². The third kappa shape index (κ3) is 4.22. The summed E-state index contributed by atoms with van der Waals surface area (Å²) in [6.07, 6.45) is 0.660. The Morgan fingerprint density at radius 1 is 1.29 bits per heavy atom. The van der Waals surface area contributed by atoms with Gasteiger partial charge < -0.3 is 26.5 Å². The zero-order valence-corrected chi connectivity index (χ0v) is 11.4. The van der Waals surface area contributed by atoms with Gasteiger partial charge in [-0.05, 0) is 17.5 Å². The highest BCUT2D eigenvalue weighted by Gasteiger charge is 2.12. The molecule has 2 amide bonds. The highest BCUT2D eigenvalue weighted by atomic mass is 16.4. The number of carbonyl (C=O) groups excluding carboxylic acids is 1. The van der Waals surface area contributed by atoms with Crippen LogP contribution in [0.15, 0.2) is 30.3 Å². The highest BCUT2D eigenvalue weighted by Crippen LogP contribution is 2.14. The molecule has 0 saturated heterocycles. The molecule has 6 N–H and O–H groups in total. The van der Waals surface area contributed by atoms with Gasteiger partial charge in [-0.1, -0.05) is 18.2 Å². The first-order valence-corrected chi connectivity index (χ1v) is 6.63. The number of nitrogens with two attached hydrogens (primary N) is 1. The Kier molecular flexibility index (Phi) is 4.78. The van der Waals surface area contributed by atoms with Gasteiger partial charge in [0.2, 0.25) is 0 Å². The number of fused-ring (bicyclic) bond motifs is 1. The van der Waals surface area contributed by atoms with E-state index < -0.39 is 18.0 Å². The normalized spacial score (nSPS) is 12.0. The second kappa shape index (κ2) is 6.76. The molecule has 7 nitrogen and oxygen atoms in total. The first kappa shape index (κ1) is 14.9. The number of aromatic amines is 1. The molecular weight excluding hydrogens is 272 g/mol. The Morgan fingerprint density at radius 2 is 2.05 bits per heavy atom. The fourth-order valence-electron chi connectivity index (χ4n) is 1.93. The number of rotatable bonds is 6. The first-order chi connectivity index (χ1) is 10.1. The van der Waals surface area contributed by atoms with Gasteiger partial charge in [0.1, 0.15) is 6.04 Å². The van der Waals surface area contributed by atoms with Crippen LogP contribution in [0.1, 0.15) is 5.69 Å². The van der Waals surface area contributed by atoms with Gasteiger partial charge in [0.15, 0.2) is 0 Å². The largest absolute Gasteiger partial charge is 0.480 e. The zero-order valence-electron chi connectivity index (χ0n) is 11.4. The average molecular weight is 290 g/mol. The van der Waals surface area contributed by atoms with Crippen molar-refractivity contribution in [2.45, 2.75) is 12.5 Å². The predicted octanol–water partition coefficient (Wildman–Crippen LogP) is 0.421. The van der Waals surface area contributed by atoms with Crippen molar-refractivity contribution in [2.24, 2.45) is 5.73 Å². The number of urea groups is 1. The Hall–Kier alpha value is -2.54. The fourth-order valence-corrected chi connectivity index (χ4v) is 1.93. The van der Waals surface area contributed by atoms with E-state index in [1.54, 1.807) is 0 Å². The summed E-state index contributed by atoms with van der Waals surface area (Å²) in [6.45, 7) is 0.342. The number of amides is 2. The molecular formula is C14H18N4O3. The number of H-pyrrole nitrogens is 1. The Balaban J connectivity index is 1.73. The van der Waals surface area contributed by atoms with Crippen LogP contribution in [0.4, 0.5) is 4.79 Å². The number of nitrogens with one attached hydrogen (secondary N) is 3. The van der Waals surface area contributed by atoms with Crippen molar-refractivity contribution in [3.05, 3.63) is 36.0 Å². The van der Waals surface area contributed by atoms with E-state index in [9.17, 15) is 9.59 Å². The molecule has 1 aromatic heterocycles. The van der Waals surface area contributed by atoms with Crippen LogP contribution in [-0.4, -0.2) is 41.2 Å². The number of aliphatic carboxylic acids is 1. The first-order valence-electron chi connectivity index (χ1n) is 6.63. The third-order valence-electron chi connectivity index (χ3n) is 3.07. The van der Waals surface area contributed by atoms with Gasteiger partial charge in [0.05, 0.1) is 0 Å². The molecule has 0 bridgehead atoms. The lowest BCUT2D eigenvalue weighted by Gasteiger charge is -2.09. The maximum Gasteiger partial charge on any atom is 0.322 e. The quantitative estimate of drug-likeness (QED) is 0.529. The van der Waals surface area contributed by atoms with E-state index in [4.69, 9.17) is 10.8 Å². The number of carboxylic acids is 1. The Morgan fingerprint density at radius 3 is 2.76 bits per heavy atom. The molecule has 0 radical (unpaired) electrons. The summed E-state index contributed by atoms with van der Waals surface area (Å²) in [7, 11) is 0. The molecule has 0 unspecified atom stereocenters. The molecule has 1 atom stereocenters. The topological polar surface area (TPSA) is 120 Å². The summed E-state index contributed by atoms with van der Waals surface area (Å²) in [4.78, 5) is 25.2. The number of carbonyl (C=O) groups is 2. The smallest absolute Gasteiger partial charge is 0.322 e. The maximum atomic E-state index is 11.5. The highest BCUT2D eigenvalue weighted by molar-refractivity contribution is 5.80. The molecule has 0 aliphatic carbocycles. The Labute approximate surface area is 121 Å². The molecule has 0 spiro atoms. The van der Waals surface area contributed by atoms with Crippen molar-refractivity contribution >= 4 is 22.9 Å². The van der Waals surface area contributed by atoms with Crippen molar-refractivity contribution < 1.29 is 14.7 Å². The standard InChI is InChI=1S/C14H18N4O3/c15-11(13(19)20)8-17-14(21)16-6-5-10-7-9-3-1-2-4-12(9)18-10/h1-4,7,11,18H,5-6,8,15H2,(H,19,20)(H2,16,17,21)/t11-/m0/s1. The van der Waals surface area contributed by atoms with E-state index in [-0.39, 0.29) is 6.54 Å². The molecule has 2 rings (SSSR count). The van der Waals surface area contributed by atoms with Crippen LogP contribution in [0.2, 0.25) is 0 Å². The van der Waals surface area contributed by atoms with Gasteiger partial charge in [0.25, 0.3) is 0 Å². The minimum Gasteiger partial charge on any atom is -0.480 e. The molecule has 2 aromatic rings. The van der Waals surface area contributed by atoms with Crippen LogP contribution >= 0.6 is 0 Å². The molecule has 0 saturated carbocycles. The number of aromatic nitrogens is 1. The van der Waals surface area contributed by atoms with Crippen LogP contribution in [0.25, 0.3) is 10.9 Å². The number of carboxylic acid groups (broad SMARTS) is 1. The van der Waals surface area contributed by atoms with Gasteiger partial charge >= 0.3 is 12.0 Å². The van der Waals surface area contributed by atoms with Crippen LogP contribution in [0.3, 0.4) is 0 Å². The Bertz CT molecular complexity index is 605. The summed E-state index contributed by atoms with van der Waals surface area (Å²) < 4.78 is 0. The van der Waals surface area contributed by atoms with E-state index in [1.165, 1.54) is 0 Å². The lowest BCUT2D eigenvalue weighted by atomic mass is 10.2. The summed E-state index contributed by atoms with van der Waals surface area (Å²) in [5.41, 5.74) is 7.37. The summed E-state index contributed by atoms with van der Waals surface area (Å²) in [6, 6.07) is 8.45. The molecule has 7 heteroatoms. The maximum absolute atomic E-state index is 11.5. The molecule has 112 valence electrons. The number of hydrogen-bond acceptors (Lipinski definition) is 3. The fraction of sp³-hybridized carbons (Fsp3) is 0.286. The van der Waals surface area contributed by atoms with E-state index in [2.05, 4.69) is 15.6 Å². The number of hydrogen-bond donors (Lipinski definition) is 5. The molecule has 0 aliphatic heterocycles. The number of para-hydroxylation sites is 1. The van der Waals surface area contributed by atoms with Gasteiger partial charge in [-0.15, -0.1) is 0 Å². The molecule has 21 heavy (non-hydrogen) atoms. The van der Waals surface area contributed by atoms with Crippen LogP contribution in [-0.2, 0) is 11.2 Å². The van der Waals surface area contributed by atoms with Crippen molar-refractivity contribution in [3.63, 3.8) is 0 Å². The average Bonchev–Trinajstić information content (AvgIpc) is 2.87. The summed E-state index contributed by atoms with van der Waals surface area (Å²) in [5.74, 6) is -1.15. The predicted molar refractivity (Wildman–Crippen MR) is 79.0 cm³/mol. The van der Waals surface area contributed by atoms with Gasteiger partial charge in [-0.25, -0.2) is 4.79 Å². The lowest BCUT2D eigenvalue weighted by molar-refractivity contribution is -0.138. The third-order valence-corrected chi connectivity index (χ3v) is 3.07. The van der Waals surface area contributed by atoms with Gasteiger partial charge in [-0.3, -0.25) is 4.79 Å². The molecule has 1 heterocycles. The van der Waals surface area contributed by atoms with Crippen LogP contribution in [0.5, 0.6) is 0 Å². The van der Waals surface area contributed by atoms with E-state index in [0.717, 1.165) is 16.6 Å². The van der Waals surface area contributed by atoms with E-state index in [1.807, 2.05) is 30.3 Å². The van der Waals surface area contributed by atoms with Crippen molar-refractivity contribution in [1.82, 2.24) is 15.6 Å². The summed E-state index contributed by atoms with van der Waals surface area (Å²) >= 11 is 0. The second-order valence-corrected chi connectivity index (χ2v) is 4.71. The van der Waals surface area contributed by atoms with E-state index >= 15 is 0 Å². The van der Waals surface area contributed by atoms with Crippen LogP contribution < -0.4 is 16.4 Å². The molecule has 1 aromatic carbocycles. The molecule has 0 aliphatic rings. The number of benzene rings is 1. The monoisotopic (exact) mass is 290 g/mol. The van der Waals surface area contributed by atoms with Gasteiger partial charge in [-0.2, -0.15) is 0 Å². The van der Waals surface area contributed by atoms with Crippen LogP contribution in [0, 0.1) is 0 Å². The lowest BCUT2D eigenvalue weighted by Crippen LogP contribution is -2.46.